The Bertz CT molecular complexity index is 756. The van der Waals surface area contributed by atoms with Crippen LogP contribution in [0.5, 0.6) is 0 Å². The van der Waals surface area contributed by atoms with Gasteiger partial charge in [-0.3, -0.25) is 4.68 Å². The molecule has 0 amide bonds. The molecule has 1 aromatic carbocycles. The van der Waals surface area contributed by atoms with Crippen molar-refractivity contribution >= 4 is 10.0 Å². The van der Waals surface area contributed by atoms with Crippen LogP contribution in [0.4, 0.5) is 0 Å². The lowest BCUT2D eigenvalue weighted by Gasteiger charge is -2.22. The SMILES string of the molecule is COCCn1cc2c(n1)[C@H](NS(=O)(=O)c1ccccc1)CCC2. The van der Waals surface area contributed by atoms with E-state index in [4.69, 9.17) is 4.74 Å². The van der Waals surface area contributed by atoms with E-state index in [1.807, 2.05) is 10.9 Å². The first-order chi connectivity index (χ1) is 11.1. The maximum Gasteiger partial charge on any atom is 0.241 e. The van der Waals surface area contributed by atoms with Gasteiger partial charge in [0.25, 0.3) is 0 Å². The summed E-state index contributed by atoms with van der Waals surface area (Å²) in [6.07, 6.45) is 4.65. The molecule has 0 saturated heterocycles. The number of nitrogens with one attached hydrogen (secondary N) is 1. The lowest BCUT2D eigenvalue weighted by molar-refractivity contribution is 0.183. The van der Waals surface area contributed by atoms with Gasteiger partial charge in [-0.1, -0.05) is 18.2 Å². The van der Waals surface area contributed by atoms with Gasteiger partial charge in [0.15, 0.2) is 0 Å². The predicted molar refractivity (Wildman–Crippen MR) is 86.5 cm³/mol. The molecule has 7 heteroatoms. The van der Waals surface area contributed by atoms with Gasteiger partial charge < -0.3 is 4.74 Å². The molecule has 2 aromatic rings. The van der Waals surface area contributed by atoms with Crippen LogP contribution in [0.25, 0.3) is 0 Å². The Morgan fingerprint density at radius 1 is 1.35 bits per heavy atom. The second-order valence-corrected chi connectivity index (χ2v) is 7.39. The molecule has 1 aromatic heterocycles. The number of sulfonamides is 1. The lowest BCUT2D eigenvalue weighted by atomic mass is 9.94. The molecule has 0 radical (unpaired) electrons. The Kier molecular flexibility index (Phi) is 4.79. The Morgan fingerprint density at radius 2 is 2.13 bits per heavy atom. The third-order valence-corrected chi connectivity index (χ3v) is 5.50. The summed E-state index contributed by atoms with van der Waals surface area (Å²) in [5, 5.41) is 4.56. The summed E-state index contributed by atoms with van der Waals surface area (Å²) in [5.41, 5.74) is 1.96. The van der Waals surface area contributed by atoms with Crippen molar-refractivity contribution in [1.29, 1.82) is 0 Å². The van der Waals surface area contributed by atoms with Crippen molar-refractivity contribution in [2.75, 3.05) is 13.7 Å². The first-order valence-corrected chi connectivity index (χ1v) is 9.21. The number of nitrogens with zero attached hydrogens (tertiary/aromatic N) is 2. The molecular formula is C16H21N3O3S. The number of hydrogen-bond donors (Lipinski definition) is 1. The molecule has 3 rings (SSSR count). The van der Waals surface area contributed by atoms with Crippen molar-refractivity contribution in [3.63, 3.8) is 0 Å². The highest BCUT2D eigenvalue weighted by Crippen LogP contribution is 2.29. The van der Waals surface area contributed by atoms with Crippen molar-refractivity contribution in [1.82, 2.24) is 14.5 Å². The van der Waals surface area contributed by atoms with E-state index >= 15 is 0 Å². The van der Waals surface area contributed by atoms with E-state index in [1.54, 1.807) is 37.4 Å². The van der Waals surface area contributed by atoms with Crippen LogP contribution in [0.3, 0.4) is 0 Å². The second kappa shape index (κ2) is 6.82. The highest BCUT2D eigenvalue weighted by Gasteiger charge is 2.28. The molecule has 1 atom stereocenters. The van der Waals surface area contributed by atoms with Crippen LogP contribution in [0.2, 0.25) is 0 Å². The standard InChI is InChI=1S/C16H21N3O3S/c1-22-11-10-19-12-13-6-5-9-15(16(13)17-19)18-23(20,21)14-7-3-2-4-8-14/h2-4,7-8,12,15,18H,5-6,9-11H2,1H3/t15-/m1/s1. The number of fused-ring (bicyclic) bond motifs is 1. The van der Waals surface area contributed by atoms with Crippen LogP contribution >= 0.6 is 0 Å². The predicted octanol–water partition coefficient (Wildman–Crippen LogP) is 1.89. The smallest absolute Gasteiger partial charge is 0.241 e. The molecule has 0 spiro atoms. The highest BCUT2D eigenvalue weighted by molar-refractivity contribution is 7.89. The van der Waals surface area contributed by atoms with Crippen LogP contribution in [0, 0.1) is 0 Å². The third-order valence-electron chi connectivity index (χ3n) is 4.01. The molecule has 1 aliphatic carbocycles. The summed E-state index contributed by atoms with van der Waals surface area (Å²) in [5.74, 6) is 0. The van der Waals surface area contributed by atoms with Gasteiger partial charge in [-0.2, -0.15) is 5.10 Å². The van der Waals surface area contributed by atoms with Gasteiger partial charge in [0, 0.05) is 13.3 Å². The molecule has 1 heterocycles. The number of hydrogen-bond acceptors (Lipinski definition) is 4. The molecule has 1 aliphatic rings. The van der Waals surface area contributed by atoms with Gasteiger partial charge in [0.1, 0.15) is 0 Å². The molecule has 124 valence electrons. The Hall–Kier alpha value is -1.70. The summed E-state index contributed by atoms with van der Waals surface area (Å²) in [6.45, 7) is 1.25. The lowest BCUT2D eigenvalue weighted by Crippen LogP contribution is -2.31. The van der Waals surface area contributed by atoms with E-state index in [0.717, 1.165) is 30.5 Å². The van der Waals surface area contributed by atoms with Crippen LogP contribution in [-0.4, -0.2) is 31.9 Å². The molecule has 23 heavy (non-hydrogen) atoms. The second-order valence-electron chi connectivity index (χ2n) is 5.67. The molecule has 0 fully saturated rings. The molecule has 0 unspecified atom stereocenters. The van der Waals surface area contributed by atoms with Gasteiger partial charge >= 0.3 is 0 Å². The number of benzene rings is 1. The molecule has 0 saturated carbocycles. The zero-order chi connectivity index (χ0) is 16.3. The maximum absolute atomic E-state index is 12.5. The normalized spacial score (nSPS) is 17.9. The fourth-order valence-electron chi connectivity index (χ4n) is 2.87. The van der Waals surface area contributed by atoms with Gasteiger partial charge in [-0.25, -0.2) is 13.1 Å². The molecule has 0 aliphatic heterocycles. The molecule has 6 nitrogen and oxygen atoms in total. The van der Waals surface area contributed by atoms with Gasteiger partial charge in [0.05, 0.1) is 29.8 Å². The van der Waals surface area contributed by atoms with Crippen LogP contribution < -0.4 is 4.72 Å². The quantitative estimate of drug-likeness (QED) is 0.875. The summed E-state index contributed by atoms with van der Waals surface area (Å²) in [7, 11) is -1.88. The van der Waals surface area contributed by atoms with Gasteiger partial charge in [0.2, 0.25) is 10.0 Å². The minimum atomic E-state index is -3.53. The van der Waals surface area contributed by atoms with E-state index < -0.39 is 10.0 Å². The monoisotopic (exact) mass is 335 g/mol. The van der Waals surface area contributed by atoms with Crippen molar-refractivity contribution < 1.29 is 13.2 Å². The number of methoxy groups -OCH3 is 1. The molecule has 1 N–H and O–H groups in total. The summed E-state index contributed by atoms with van der Waals surface area (Å²) < 4.78 is 34.8. The Morgan fingerprint density at radius 3 is 2.87 bits per heavy atom. The van der Waals surface area contributed by atoms with Crippen molar-refractivity contribution in [2.24, 2.45) is 0 Å². The number of ether oxygens (including phenoxy) is 1. The summed E-state index contributed by atoms with van der Waals surface area (Å²) >= 11 is 0. The minimum Gasteiger partial charge on any atom is -0.383 e. The highest BCUT2D eigenvalue weighted by atomic mass is 32.2. The van der Waals surface area contributed by atoms with Crippen molar-refractivity contribution in [3.05, 3.63) is 47.8 Å². The van der Waals surface area contributed by atoms with Crippen molar-refractivity contribution in [3.8, 4) is 0 Å². The average molecular weight is 335 g/mol. The Labute approximate surface area is 136 Å². The Balaban J connectivity index is 1.82. The average Bonchev–Trinajstić information content (AvgIpc) is 2.98. The van der Waals surface area contributed by atoms with E-state index in [2.05, 4.69) is 9.82 Å². The third kappa shape index (κ3) is 3.63. The van der Waals surface area contributed by atoms with Gasteiger partial charge in [-0.05, 0) is 37.0 Å². The zero-order valence-corrected chi connectivity index (χ0v) is 13.9. The van der Waals surface area contributed by atoms with E-state index in [9.17, 15) is 8.42 Å². The maximum atomic E-state index is 12.5. The van der Waals surface area contributed by atoms with Crippen LogP contribution in [0.1, 0.15) is 30.1 Å². The number of aromatic nitrogens is 2. The molecule has 0 bridgehead atoms. The topological polar surface area (TPSA) is 73.2 Å². The van der Waals surface area contributed by atoms with E-state index in [1.165, 1.54) is 0 Å². The minimum absolute atomic E-state index is 0.271. The number of rotatable bonds is 6. The van der Waals surface area contributed by atoms with Crippen LogP contribution in [-0.2, 0) is 27.7 Å². The zero-order valence-electron chi connectivity index (χ0n) is 13.1. The van der Waals surface area contributed by atoms with Crippen molar-refractivity contribution in [2.45, 2.75) is 36.7 Å². The fraction of sp³-hybridized carbons (Fsp3) is 0.438. The van der Waals surface area contributed by atoms with E-state index in [-0.39, 0.29) is 10.9 Å². The fourth-order valence-corrected chi connectivity index (χ4v) is 4.12. The van der Waals surface area contributed by atoms with Crippen LogP contribution in [0.15, 0.2) is 41.4 Å². The summed E-state index contributed by atoms with van der Waals surface area (Å²) in [6, 6.07) is 8.18. The first kappa shape index (κ1) is 16.2. The summed E-state index contributed by atoms with van der Waals surface area (Å²) in [4.78, 5) is 0.283. The first-order valence-electron chi connectivity index (χ1n) is 7.73. The largest absolute Gasteiger partial charge is 0.383 e. The number of aryl methyl sites for hydroxylation is 1. The molecular weight excluding hydrogens is 314 g/mol. The van der Waals surface area contributed by atoms with E-state index in [0.29, 0.717) is 13.2 Å². The van der Waals surface area contributed by atoms with Gasteiger partial charge in [-0.15, -0.1) is 0 Å².